The fraction of sp³-hybridized carbons (Fsp3) is 0.529. The zero-order valence-electron chi connectivity index (χ0n) is 13.7. The van der Waals surface area contributed by atoms with Gasteiger partial charge in [-0.25, -0.2) is 4.79 Å². The van der Waals surface area contributed by atoms with Crippen LogP contribution >= 0.6 is 11.8 Å². The van der Waals surface area contributed by atoms with E-state index in [1.165, 1.54) is 0 Å². The monoisotopic (exact) mass is 335 g/mol. The van der Waals surface area contributed by atoms with Gasteiger partial charge < -0.3 is 16.0 Å². The van der Waals surface area contributed by atoms with Gasteiger partial charge in [-0.05, 0) is 44.2 Å². The average Bonchev–Trinajstić information content (AvgIpc) is 2.85. The number of urea groups is 1. The first kappa shape index (κ1) is 17.7. The van der Waals surface area contributed by atoms with E-state index in [0.717, 1.165) is 36.3 Å². The highest BCUT2D eigenvalue weighted by Crippen LogP contribution is 2.19. The summed E-state index contributed by atoms with van der Waals surface area (Å²) in [5.74, 6) is 0.0625. The van der Waals surface area contributed by atoms with Gasteiger partial charge in [-0.2, -0.15) is 0 Å². The van der Waals surface area contributed by atoms with Gasteiger partial charge in [0.25, 0.3) is 0 Å². The Kier molecular flexibility index (Phi) is 6.77. The summed E-state index contributed by atoms with van der Waals surface area (Å²) in [5.41, 5.74) is 0.857. The molecular formula is C17H25N3O2S. The van der Waals surface area contributed by atoms with Gasteiger partial charge in [0.2, 0.25) is 5.91 Å². The summed E-state index contributed by atoms with van der Waals surface area (Å²) < 4.78 is 0. The Bertz CT molecular complexity index is 550. The maximum absolute atomic E-state index is 11.9. The van der Waals surface area contributed by atoms with Gasteiger partial charge in [0.1, 0.15) is 0 Å². The molecule has 0 unspecified atom stereocenters. The van der Waals surface area contributed by atoms with Crippen LogP contribution in [0, 0.1) is 0 Å². The third-order valence-electron chi connectivity index (χ3n) is 4.05. The van der Waals surface area contributed by atoms with Gasteiger partial charge in [0.15, 0.2) is 0 Å². The minimum Gasteiger partial charge on any atom is -0.334 e. The first-order chi connectivity index (χ1) is 11.1. The molecule has 3 N–H and O–H groups in total. The Labute approximate surface area is 142 Å². The second-order valence-corrected chi connectivity index (χ2v) is 6.77. The number of amides is 3. The molecule has 1 fully saturated rings. The number of hydrogen-bond acceptors (Lipinski definition) is 3. The lowest BCUT2D eigenvalue weighted by Crippen LogP contribution is -2.30. The van der Waals surface area contributed by atoms with Crippen molar-refractivity contribution in [1.82, 2.24) is 10.6 Å². The summed E-state index contributed by atoms with van der Waals surface area (Å²) in [6.07, 6.45) is 6.40. The third kappa shape index (κ3) is 5.78. The molecule has 1 heterocycles. The minimum atomic E-state index is -0.0747. The number of carbonyl (C=O) groups excluding carboxylic acids is 2. The number of nitrogens with one attached hydrogen (secondary N) is 3. The van der Waals surface area contributed by atoms with Crippen LogP contribution in [0.15, 0.2) is 29.2 Å². The van der Waals surface area contributed by atoms with Crippen LogP contribution in [0.3, 0.4) is 0 Å². The predicted molar refractivity (Wildman–Crippen MR) is 94.9 cm³/mol. The summed E-state index contributed by atoms with van der Waals surface area (Å²) in [6, 6.07) is 8.20. The van der Waals surface area contributed by atoms with Crippen molar-refractivity contribution >= 4 is 29.4 Å². The maximum atomic E-state index is 11.9. The molecule has 3 amide bonds. The molecule has 6 heteroatoms. The Morgan fingerprint density at radius 1 is 1.26 bits per heavy atom. The van der Waals surface area contributed by atoms with E-state index in [2.05, 4.69) is 16.0 Å². The number of anilines is 1. The lowest BCUT2D eigenvalue weighted by molar-refractivity contribution is -0.116. The molecule has 23 heavy (non-hydrogen) atoms. The molecule has 5 nitrogen and oxygen atoms in total. The summed E-state index contributed by atoms with van der Waals surface area (Å²) in [7, 11) is 0. The van der Waals surface area contributed by atoms with Crippen molar-refractivity contribution in [3.8, 4) is 0 Å². The zero-order chi connectivity index (χ0) is 16.7. The largest absolute Gasteiger partial charge is 0.334 e. The van der Waals surface area contributed by atoms with Crippen LogP contribution in [-0.4, -0.2) is 30.3 Å². The molecular weight excluding hydrogens is 310 g/mol. The lowest BCUT2D eigenvalue weighted by Gasteiger charge is -2.13. The van der Waals surface area contributed by atoms with Crippen molar-refractivity contribution < 1.29 is 9.59 Å². The Morgan fingerprint density at radius 3 is 2.78 bits per heavy atom. The number of benzene rings is 1. The van der Waals surface area contributed by atoms with E-state index < -0.39 is 0 Å². The predicted octanol–water partition coefficient (Wildman–Crippen LogP) is 3.37. The molecule has 0 aliphatic carbocycles. The van der Waals surface area contributed by atoms with Crippen molar-refractivity contribution in [1.29, 1.82) is 0 Å². The van der Waals surface area contributed by atoms with Crippen molar-refractivity contribution in [2.45, 2.75) is 56.0 Å². The highest BCUT2D eigenvalue weighted by Gasteiger charge is 2.26. The molecule has 1 saturated heterocycles. The van der Waals surface area contributed by atoms with Crippen molar-refractivity contribution in [2.24, 2.45) is 0 Å². The molecule has 2 rings (SSSR count). The fourth-order valence-electron chi connectivity index (χ4n) is 2.72. The van der Waals surface area contributed by atoms with E-state index >= 15 is 0 Å². The average molecular weight is 335 g/mol. The number of thioether (sulfide) groups is 1. The van der Waals surface area contributed by atoms with E-state index in [1.807, 2.05) is 37.4 Å². The molecule has 0 aromatic heterocycles. The van der Waals surface area contributed by atoms with Crippen LogP contribution in [0.4, 0.5) is 10.5 Å². The van der Waals surface area contributed by atoms with E-state index in [1.54, 1.807) is 11.8 Å². The first-order valence-electron chi connectivity index (χ1n) is 8.09. The zero-order valence-corrected chi connectivity index (χ0v) is 14.5. The van der Waals surface area contributed by atoms with Gasteiger partial charge >= 0.3 is 6.03 Å². The van der Waals surface area contributed by atoms with Crippen LogP contribution in [-0.2, 0) is 4.79 Å². The van der Waals surface area contributed by atoms with E-state index in [4.69, 9.17) is 0 Å². The smallest absolute Gasteiger partial charge is 0.315 e. The van der Waals surface area contributed by atoms with Crippen molar-refractivity contribution in [2.75, 3.05) is 11.6 Å². The van der Waals surface area contributed by atoms with Crippen LogP contribution in [0.2, 0.25) is 0 Å². The molecule has 126 valence electrons. The number of carbonyl (C=O) groups is 2. The molecule has 2 atom stereocenters. The maximum Gasteiger partial charge on any atom is 0.315 e. The molecule has 0 radical (unpaired) electrons. The van der Waals surface area contributed by atoms with Gasteiger partial charge in [-0.3, -0.25) is 4.79 Å². The summed E-state index contributed by atoms with van der Waals surface area (Å²) in [4.78, 5) is 24.3. The number of rotatable bonds is 8. The Balaban J connectivity index is 1.60. The molecule has 1 aromatic carbocycles. The quantitative estimate of drug-likeness (QED) is 0.504. The summed E-state index contributed by atoms with van der Waals surface area (Å²) in [6.45, 7) is 2.01. The molecule has 1 aliphatic rings. The van der Waals surface area contributed by atoms with Crippen molar-refractivity contribution in [3.63, 3.8) is 0 Å². The van der Waals surface area contributed by atoms with Gasteiger partial charge in [-0.1, -0.05) is 18.9 Å². The summed E-state index contributed by atoms with van der Waals surface area (Å²) in [5, 5.41) is 8.70. The first-order valence-corrected chi connectivity index (χ1v) is 9.32. The molecule has 1 aromatic rings. The molecule has 0 bridgehead atoms. The lowest BCUT2D eigenvalue weighted by atomic mass is 10.0. The summed E-state index contributed by atoms with van der Waals surface area (Å²) >= 11 is 1.66. The van der Waals surface area contributed by atoms with Crippen LogP contribution < -0.4 is 16.0 Å². The highest BCUT2D eigenvalue weighted by atomic mass is 32.2. The Morgan fingerprint density at radius 2 is 2.09 bits per heavy atom. The van der Waals surface area contributed by atoms with Crippen LogP contribution in [0.1, 0.15) is 39.0 Å². The topological polar surface area (TPSA) is 70.2 Å². The van der Waals surface area contributed by atoms with E-state index in [-0.39, 0.29) is 24.0 Å². The van der Waals surface area contributed by atoms with Gasteiger partial charge in [-0.15, -0.1) is 11.8 Å². The normalized spacial score (nSPS) is 20.0. The van der Waals surface area contributed by atoms with E-state index in [9.17, 15) is 9.59 Å². The van der Waals surface area contributed by atoms with Crippen LogP contribution in [0.25, 0.3) is 0 Å². The Hall–Kier alpha value is -1.69. The van der Waals surface area contributed by atoms with Crippen LogP contribution in [0.5, 0.6) is 0 Å². The fourth-order valence-corrected chi connectivity index (χ4v) is 3.17. The number of unbranched alkanes of at least 4 members (excludes halogenated alkanes) is 2. The minimum absolute atomic E-state index is 0.0625. The third-order valence-corrected chi connectivity index (χ3v) is 4.78. The van der Waals surface area contributed by atoms with E-state index in [0.29, 0.717) is 6.42 Å². The highest BCUT2D eigenvalue weighted by molar-refractivity contribution is 7.98. The van der Waals surface area contributed by atoms with Gasteiger partial charge in [0, 0.05) is 23.0 Å². The second-order valence-electron chi connectivity index (χ2n) is 5.89. The molecule has 0 saturated carbocycles. The number of hydrogen-bond donors (Lipinski definition) is 3. The standard InChI is InChI=1S/C17H25N3O2S/c1-12-15(20-17(22)18-12)9-4-3-5-10-16(21)19-13-7-6-8-14(11-13)23-2/h6-8,11-12,15H,3-5,9-10H2,1-2H3,(H,19,21)(H2,18,20,22)/t12-,15-/m1/s1. The SMILES string of the molecule is CSc1cccc(NC(=O)CCCCC[C@H]2NC(=O)N[C@@H]2C)c1. The second kappa shape index (κ2) is 8.82. The molecule has 0 spiro atoms. The van der Waals surface area contributed by atoms with Gasteiger partial charge in [0.05, 0.1) is 6.04 Å². The molecule has 1 aliphatic heterocycles. The van der Waals surface area contributed by atoms with Crippen molar-refractivity contribution in [3.05, 3.63) is 24.3 Å².